The molecule has 1 aliphatic carbocycles. The zero-order valence-electron chi connectivity index (χ0n) is 9.94. The van der Waals surface area contributed by atoms with Crippen LogP contribution in [-0.4, -0.2) is 25.7 Å². The highest BCUT2D eigenvalue weighted by Crippen LogP contribution is 2.23. The molecule has 0 amide bonds. The standard InChI is InChI=1S/C12H10N4O3/c17-11-6-2-5-10-12(11)13-14-15(10)8-3-1-4-9(7-8)16(18)19/h1,3-4,7H,2,5-6H2. The Morgan fingerprint density at radius 1 is 1.32 bits per heavy atom. The number of carbonyl (C=O) groups excluding carboxylic acids is 1. The lowest BCUT2D eigenvalue weighted by molar-refractivity contribution is -0.384. The number of carbonyl (C=O) groups is 1. The molecule has 0 unspecified atom stereocenters. The molecule has 0 fully saturated rings. The van der Waals surface area contributed by atoms with Crippen molar-refractivity contribution < 1.29 is 9.72 Å². The van der Waals surface area contributed by atoms with Gasteiger partial charge in [0.25, 0.3) is 5.69 Å². The summed E-state index contributed by atoms with van der Waals surface area (Å²) in [7, 11) is 0. The van der Waals surface area contributed by atoms with Gasteiger partial charge >= 0.3 is 0 Å². The number of non-ortho nitro benzene ring substituents is 1. The van der Waals surface area contributed by atoms with Gasteiger partial charge in [0.05, 0.1) is 16.3 Å². The average Bonchev–Trinajstić information content (AvgIpc) is 2.84. The van der Waals surface area contributed by atoms with Gasteiger partial charge in [0, 0.05) is 18.6 Å². The van der Waals surface area contributed by atoms with E-state index in [9.17, 15) is 14.9 Å². The zero-order chi connectivity index (χ0) is 13.4. The number of hydrogen-bond acceptors (Lipinski definition) is 5. The van der Waals surface area contributed by atoms with Gasteiger partial charge < -0.3 is 0 Å². The van der Waals surface area contributed by atoms with Gasteiger partial charge in [-0.25, -0.2) is 4.68 Å². The molecule has 1 aromatic heterocycles. The molecular weight excluding hydrogens is 248 g/mol. The first-order chi connectivity index (χ1) is 9.16. The van der Waals surface area contributed by atoms with Gasteiger partial charge in [-0.1, -0.05) is 11.3 Å². The summed E-state index contributed by atoms with van der Waals surface area (Å²) >= 11 is 0. The third-order valence-electron chi connectivity index (χ3n) is 3.13. The van der Waals surface area contributed by atoms with Crippen molar-refractivity contribution >= 4 is 11.5 Å². The third-order valence-corrected chi connectivity index (χ3v) is 3.13. The first-order valence-corrected chi connectivity index (χ1v) is 5.89. The highest BCUT2D eigenvalue weighted by atomic mass is 16.6. The van der Waals surface area contributed by atoms with E-state index in [0.717, 1.165) is 12.1 Å². The molecule has 0 bridgehead atoms. The van der Waals surface area contributed by atoms with Crippen LogP contribution in [0.15, 0.2) is 24.3 Å². The fourth-order valence-electron chi connectivity index (χ4n) is 2.22. The molecule has 0 aliphatic heterocycles. The molecule has 19 heavy (non-hydrogen) atoms. The van der Waals surface area contributed by atoms with E-state index >= 15 is 0 Å². The number of aromatic nitrogens is 3. The normalized spacial score (nSPS) is 14.2. The Bertz CT molecular complexity index is 677. The quantitative estimate of drug-likeness (QED) is 0.603. The fraction of sp³-hybridized carbons (Fsp3) is 0.250. The molecule has 0 spiro atoms. The molecule has 1 aromatic carbocycles. The topological polar surface area (TPSA) is 90.9 Å². The summed E-state index contributed by atoms with van der Waals surface area (Å²) in [5.41, 5.74) is 1.66. The molecule has 0 atom stereocenters. The van der Waals surface area contributed by atoms with Crippen LogP contribution in [0.5, 0.6) is 0 Å². The van der Waals surface area contributed by atoms with Crippen LogP contribution in [-0.2, 0) is 6.42 Å². The Morgan fingerprint density at radius 3 is 2.95 bits per heavy atom. The van der Waals surface area contributed by atoms with Crippen LogP contribution in [0.2, 0.25) is 0 Å². The first kappa shape index (κ1) is 11.5. The molecular formula is C12H10N4O3. The van der Waals surface area contributed by atoms with Crippen molar-refractivity contribution in [3.05, 3.63) is 45.8 Å². The largest absolute Gasteiger partial charge is 0.292 e. The molecule has 2 aromatic rings. The Labute approximate surface area is 108 Å². The highest BCUT2D eigenvalue weighted by Gasteiger charge is 2.24. The summed E-state index contributed by atoms with van der Waals surface area (Å²) in [4.78, 5) is 22.0. The number of rotatable bonds is 2. The van der Waals surface area contributed by atoms with Gasteiger partial charge in [-0.2, -0.15) is 0 Å². The predicted octanol–water partition coefficient (Wildman–Crippen LogP) is 1.69. The summed E-state index contributed by atoms with van der Waals surface area (Å²) in [5.74, 6) is -0.0158. The average molecular weight is 258 g/mol. The minimum Gasteiger partial charge on any atom is -0.292 e. The number of hydrogen-bond donors (Lipinski definition) is 0. The maximum absolute atomic E-state index is 11.7. The zero-order valence-corrected chi connectivity index (χ0v) is 9.94. The van der Waals surface area contributed by atoms with E-state index in [1.165, 1.54) is 16.8 Å². The van der Waals surface area contributed by atoms with Crippen molar-refractivity contribution in [1.82, 2.24) is 15.0 Å². The molecule has 0 radical (unpaired) electrons. The van der Waals surface area contributed by atoms with E-state index < -0.39 is 4.92 Å². The molecule has 96 valence electrons. The summed E-state index contributed by atoms with van der Waals surface area (Å²) < 4.78 is 1.51. The number of nitrogens with zero attached hydrogens (tertiary/aromatic N) is 4. The molecule has 0 N–H and O–H groups in total. The minimum atomic E-state index is -0.460. The molecule has 3 rings (SSSR count). The van der Waals surface area contributed by atoms with Crippen molar-refractivity contribution in [2.75, 3.05) is 0 Å². The first-order valence-electron chi connectivity index (χ1n) is 5.89. The summed E-state index contributed by atoms with van der Waals surface area (Å²) in [6, 6.07) is 6.14. The van der Waals surface area contributed by atoms with E-state index in [1.54, 1.807) is 12.1 Å². The van der Waals surface area contributed by atoms with Gasteiger partial charge in [-0.3, -0.25) is 14.9 Å². The van der Waals surface area contributed by atoms with Crippen molar-refractivity contribution in [2.24, 2.45) is 0 Å². The maximum atomic E-state index is 11.7. The Hall–Kier alpha value is -2.57. The van der Waals surface area contributed by atoms with E-state index in [1.807, 2.05) is 0 Å². The summed E-state index contributed by atoms with van der Waals surface area (Å²) in [6.45, 7) is 0. The summed E-state index contributed by atoms with van der Waals surface area (Å²) in [5, 5.41) is 18.6. The lowest BCUT2D eigenvalue weighted by Gasteiger charge is -2.11. The molecule has 1 aliphatic rings. The van der Waals surface area contributed by atoms with Gasteiger partial charge in [0.15, 0.2) is 11.5 Å². The van der Waals surface area contributed by atoms with Crippen molar-refractivity contribution in [2.45, 2.75) is 19.3 Å². The van der Waals surface area contributed by atoms with Gasteiger partial charge in [-0.05, 0) is 18.9 Å². The van der Waals surface area contributed by atoms with Crippen LogP contribution in [0.25, 0.3) is 5.69 Å². The van der Waals surface area contributed by atoms with E-state index in [0.29, 0.717) is 24.2 Å². The smallest absolute Gasteiger partial charge is 0.271 e. The van der Waals surface area contributed by atoms with Crippen molar-refractivity contribution in [3.8, 4) is 5.69 Å². The monoisotopic (exact) mass is 258 g/mol. The highest BCUT2D eigenvalue weighted by molar-refractivity contribution is 5.96. The third kappa shape index (κ3) is 1.88. The number of Topliss-reactive ketones (excluding diaryl/α,β-unsaturated/α-hetero) is 1. The Balaban J connectivity index is 2.10. The lowest BCUT2D eigenvalue weighted by Crippen LogP contribution is -2.13. The van der Waals surface area contributed by atoms with E-state index in [-0.39, 0.29) is 11.5 Å². The van der Waals surface area contributed by atoms with Crippen LogP contribution >= 0.6 is 0 Å². The van der Waals surface area contributed by atoms with E-state index in [2.05, 4.69) is 10.3 Å². The number of ketones is 1. The second-order valence-corrected chi connectivity index (χ2v) is 4.35. The van der Waals surface area contributed by atoms with E-state index in [4.69, 9.17) is 0 Å². The Kier molecular flexibility index (Phi) is 2.59. The van der Waals surface area contributed by atoms with Crippen molar-refractivity contribution in [1.29, 1.82) is 0 Å². The lowest BCUT2D eigenvalue weighted by atomic mass is 10.00. The number of nitro groups is 1. The molecule has 7 nitrogen and oxygen atoms in total. The SMILES string of the molecule is O=C1CCCc2c1nnn2-c1cccc([N+](=O)[O-])c1. The second-order valence-electron chi connectivity index (χ2n) is 4.35. The molecule has 0 saturated heterocycles. The summed E-state index contributed by atoms with van der Waals surface area (Å²) in [6.07, 6.45) is 1.95. The van der Waals surface area contributed by atoms with Gasteiger partial charge in [0.2, 0.25) is 0 Å². The predicted molar refractivity (Wildman–Crippen MR) is 65.3 cm³/mol. The minimum absolute atomic E-state index is 0.0103. The molecule has 7 heteroatoms. The van der Waals surface area contributed by atoms with Crippen molar-refractivity contribution in [3.63, 3.8) is 0 Å². The van der Waals surface area contributed by atoms with Crippen LogP contribution in [0.3, 0.4) is 0 Å². The van der Waals surface area contributed by atoms with Crippen LogP contribution in [0.1, 0.15) is 29.0 Å². The number of fused-ring (bicyclic) bond motifs is 1. The maximum Gasteiger partial charge on any atom is 0.271 e. The van der Waals surface area contributed by atoms with Crippen LogP contribution in [0, 0.1) is 10.1 Å². The van der Waals surface area contributed by atoms with Gasteiger partial charge in [0.1, 0.15) is 0 Å². The molecule has 0 saturated carbocycles. The van der Waals surface area contributed by atoms with Crippen LogP contribution < -0.4 is 0 Å². The van der Waals surface area contributed by atoms with Crippen LogP contribution in [0.4, 0.5) is 5.69 Å². The Morgan fingerprint density at radius 2 is 2.16 bits per heavy atom. The number of benzene rings is 1. The second kappa shape index (κ2) is 4.27. The number of nitro benzene ring substituents is 1. The molecule has 1 heterocycles. The fourth-order valence-corrected chi connectivity index (χ4v) is 2.22. The van der Waals surface area contributed by atoms with Gasteiger partial charge in [-0.15, -0.1) is 5.10 Å².